The van der Waals surface area contributed by atoms with Gasteiger partial charge in [-0.2, -0.15) is 18.3 Å². The summed E-state index contributed by atoms with van der Waals surface area (Å²) in [5.41, 5.74) is 0.513. The molecule has 0 amide bonds. The molecular weight excluding hydrogens is 483 g/mol. The highest BCUT2D eigenvalue weighted by Crippen LogP contribution is 2.43. The average molecular weight is 504 g/mol. The number of hydrogen-bond acceptors (Lipinski definition) is 4. The molecule has 0 saturated carbocycles. The lowest BCUT2D eigenvalue weighted by atomic mass is 9.98. The van der Waals surface area contributed by atoms with Gasteiger partial charge in [0.1, 0.15) is 5.69 Å². The standard InChI is InChI=1S/C24H20F3N3O2S2/c1-33-19-11-7-17(8-12-19)21-22(18-9-13-20(14-10-18)34(28,31)32)29-30(23(21)24(25,26)27)15-16-5-3-2-4-6-16/h2-14H,15H2,1H3,(H2,28,31,32). The van der Waals surface area contributed by atoms with Gasteiger partial charge in [-0.3, -0.25) is 4.68 Å². The van der Waals surface area contributed by atoms with Crippen molar-refractivity contribution >= 4 is 21.8 Å². The van der Waals surface area contributed by atoms with E-state index in [2.05, 4.69) is 5.10 Å². The van der Waals surface area contributed by atoms with E-state index >= 15 is 0 Å². The first-order chi connectivity index (χ1) is 16.1. The third kappa shape index (κ3) is 5.03. The average Bonchev–Trinajstić information content (AvgIpc) is 3.19. The van der Waals surface area contributed by atoms with Crippen LogP contribution in [0.4, 0.5) is 13.2 Å². The number of rotatable bonds is 6. The summed E-state index contributed by atoms with van der Waals surface area (Å²) in [5.74, 6) is 0. The summed E-state index contributed by atoms with van der Waals surface area (Å²) >= 11 is 1.48. The van der Waals surface area contributed by atoms with Crippen molar-refractivity contribution in [3.8, 4) is 22.4 Å². The highest BCUT2D eigenvalue weighted by molar-refractivity contribution is 7.98. The van der Waals surface area contributed by atoms with Crippen LogP contribution in [0, 0.1) is 0 Å². The Morgan fingerprint density at radius 2 is 1.50 bits per heavy atom. The Morgan fingerprint density at radius 1 is 0.912 bits per heavy atom. The second kappa shape index (κ2) is 9.28. The second-order valence-electron chi connectivity index (χ2n) is 7.51. The van der Waals surface area contributed by atoms with E-state index in [1.54, 1.807) is 54.6 Å². The van der Waals surface area contributed by atoms with Crippen molar-refractivity contribution in [3.05, 3.63) is 90.1 Å². The van der Waals surface area contributed by atoms with Gasteiger partial charge in [-0.05, 0) is 41.6 Å². The van der Waals surface area contributed by atoms with Crippen LogP contribution in [0.15, 0.2) is 88.7 Å². The zero-order valence-electron chi connectivity index (χ0n) is 18.0. The molecule has 4 aromatic rings. The molecule has 4 rings (SSSR count). The van der Waals surface area contributed by atoms with Gasteiger partial charge in [0.05, 0.1) is 11.4 Å². The van der Waals surface area contributed by atoms with Gasteiger partial charge in [-0.1, -0.05) is 54.6 Å². The van der Waals surface area contributed by atoms with E-state index in [1.807, 2.05) is 6.26 Å². The van der Waals surface area contributed by atoms with Crippen LogP contribution in [0.3, 0.4) is 0 Å². The Balaban J connectivity index is 1.96. The molecule has 0 aliphatic carbocycles. The van der Waals surface area contributed by atoms with Crippen LogP contribution in [-0.2, 0) is 22.7 Å². The fraction of sp³-hybridized carbons (Fsp3) is 0.125. The molecule has 5 nitrogen and oxygen atoms in total. The van der Waals surface area contributed by atoms with Crippen molar-refractivity contribution in [2.24, 2.45) is 5.14 Å². The number of aromatic nitrogens is 2. The smallest absolute Gasteiger partial charge is 0.255 e. The minimum atomic E-state index is -4.69. The van der Waals surface area contributed by atoms with Gasteiger partial charge in [0.15, 0.2) is 5.69 Å². The minimum Gasteiger partial charge on any atom is -0.255 e. The van der Waals surface area contributed by atoms with E-state index in [9.17, 15) is 21.6 Å². The molecule has 0 fully saturated rings. The highest BCUT2D eigenvalue weighted by Gasteiger charge is 2.40. The number of primary sulfonamides is 1. The van der Waals surface area contributed by atoms with E-state index in [4.69, 9.17) is 5.14 Å². The maximum atomic E-state index is 14.4. The Labute approximate surface area is 199 Å². The summed E-state index contributed by atoms with van der Waals surface area (Å²) in [7, 11) is -3.95. The van der Waals surface area contributed by atoms with Crippen molar-refractivity contribution in [1.82, 2.24) is 9.78 Å². The Kier molecular flexibility index (Phi) is 6.57. The zero-order chi connectivity index (χ0) is 24.5. The maximum Gasteiger partial charge on any atom is 0.433 e. The number of alkyl halides is 3. The largest absolute Gasteiger partial charge is 0.433 e. The lowest BCUT2D eigenvalue weighted by Gasteiger charge is -2.13. The number of nitrogens with zero attached hydrogens (tertiary/aromatic N) is 2. The molecule has 10 heteroatoms. The molecular formula is C24H20F3N3O2S2. The molecule has 1 aromatic heterocycles. The van der Waals surface area contributed by atoms with E-state index < -0.39 is 21.9 Å². The predicted molar refractivity (Wildman–Crippen MR) is 127 cm³/mol. The normalized spacial score (nSPS) is 12.1. The zero-order valence-corrected chi connectivity index (χ0v) is 19.6. The topological polar surface area (TPSA) is 78.0 Å². The summed E-state index contributed by atoms with van der Waals surface area (Å²) in [4.78, 5) is 0.773. The van der Waals surface area contributed by atoms with E-state index in [0.29, 0.717) is 16.7 Å². The Bertz CT molecular complexity index is 1400. The molecule has 0 bridgehead atoms. The highest BCUT2D eigenvalue weighted by atomic mass is 32.2. The van der Waals surface area contributed by atoms with Gasteiger partial charge >= 0.3 is 6.18 Å². The van der Waals surface area contributed by atoms with Crippen molar-refractivity contribution in [1.29, 1.82) is 0 Å². The number of hydrogen-bond donors (Lipinski definition) is 1. The number of thioether (sulfide) groups is 1. The third-order valence-corrected chi connectivity index (χ3v) is 6.90. The van der Waals surface area contributed by atoms with Gasteiger partial charge in [0, 0.05) is 16.0 Å². The first-order valence-corrected chi connectivity index (χ1v) is 12.8. The number of benzene rings is 3. The minimum absolute atomic E-state index is 0.0700. The molecule has 0 unspecified atom stereocenters. The molecule has 0 atom stereocenters. The molecule has 34 heavy (non-hydrogen) atoms. The van der Waals surface area contributed by atoms with E-state index in [1.165, 1.54) is 36.0 Å². The van der Waals surface area contributed by atoms with Crippen molar-refractivity contribution in [2.75, 3.05) is 6.26 Å². The molecule has 1 heterocycles. The van der Waals surface area contributed by atoms with Crippen LogP contribution in [-0.4, -0.2) is 24.5 Å². The molecule has 0 radical (unpaired) electrons. The molecule has 0 saturated heterocycles. The van der Waals surface area contributed by atoms with Gasteiger partial charge in [0.2, 0.25) is 10.0 Å². The monoisotopic (exact) mass is 503 g/mol. The third-order valence-electron chi connectivity index (χ3n) is 5.23. The van der Waals surface area contributed by atoms with Crippen LogP contribution < -0.4 is 5.14 Å². The summed E-state index contributed by atoms with van der Waals surface area (Å²) in [6.45, 7) is -0.0825. The molecule has 0 aliphatic heterocycles. The van der Waals surface area contributed by atoms with Gasteiger partial charge in [0.25, 0.3) is 0 Å². The maximum absolute atomic E-state index is 14.4. The number of nitrogens with two attached hydrogens (primary N) is 1. The van der Waals surface area contributed by atoms with Crippen molar-refractivity contribution < 1.29 is 21.6 Å². The molecule has 2 N–H and O–H groups in total. The Morgan fingerprint density at radius 3 is 2.03 bits per heavy atom. The summed E-state index contributed by atoms with van der Waals surface area (Å²) < 4.78 is 67.5. The summed E-state index contributed by atoms with van der Waals surface area (Å²) in [5, 5.41) is 9.53. The van der Waals surface area contributed by atoms with Crippen molar-refractivity contribution in [2.45, 2.75) is 22.5 Å². The fourth-order valence-electron chi connectivity index (χ4n) is 3.66. The molecule has 176 valence electrons. The first kappa shape index (κ1) is 24.1. The molecule has 0 spiro atoms. The van der Waals surface area contributed by atoms with Crippen molar-refractivity contribution in [3.63, 3.8) is 0 Å². The Hall–Kier alpha value is -3.08. The fourth-order valence-corrected chi connectivity index (χ4v) is 4.58. The van der Waals surface area contributed by atoms with Crippen LogP contribution >= 0.6 is 11.8 Å². The van der Waals surface area contributed by atoms with E-state index in [0.717, 1.165) is 9.58 Å². The lowest BCUT2D eigenvalue weighted by molar-refractivity contribution is -0.143. The first-order valence-electron chi connectivity index (χ1n) is 10.1. The SMILES string of the molecule is CSc1ccc(-c2c(-c3ccc(S(N)(=O)=O)cc3)nn(Cc3ccccc3)c2C(F)(F)F)cc1. The van der Waals surface area contributed by atoms with Gasteiger partial charge in [-0.25, -0.2) is 13.6 Å². The van der Waals surface area contributed by atoms with E-state index in [-0.39, 0.29) is 22.7 Å². The molecule has 0 aliphatic rings. The van der Waals surface area contributed by atoms with Gasteiger partial charge < -0.3 is 0 Å². The lowest BCUT2D eigenvalue weighted by Crippen LogP contribution is -2.16. The van der Waals surface area contributed by atoms with Crippen LogP contribution in [0.5, 0.6) is 0 Å². The van der Waals surface area contributed by atoms with Gasteiger partial charge in [-0.15, -0.1) is 11.8 Å². The van der Waals surface area contributed by atoms with Crippen LogP contribution in [0.25, 0.3) is 22.4 Å². The summed E-state index contributed by atoms with van der Waals surface area (Å²) in [6, 6.07) is 20.9. The molecule has 3 aromatic carbocycles. The predicted octanol–water partition coefficient (Wildman–Crippen LogP) is 5.65. The summed E-state index contributed by atoms with van der Waals surface area (Å²) in [6.07, 6.45) is -2.80. The van der Waals surface area contributed by atoms with Crippen LogP contribution in [0.1, 0.15) is 11.3 Å². The van der Waals surface area contributed by atoms with Crippen LogP contribution in [0.2, 0.25) is 0 Å². The number of halogens is 3. The second-order valence-corrected chi connectivity index (χ2v) is 9.95. The quantitative estimate of drug-likeness (QED) is 0.345. The number of sulfonamides is 1.